The first kappa shape index (κ1) is 4.66. The van der Waals surface area contributed by atoms with Crippen molar-refractivity contribution in [3.05, 3.63) is 0 Å². The minimum absolute atomic E-state index is 1.96. The summed E-state index contributed by atoms with van der Waals surface area (Å²) in [7, 11) is 0. The molecule has 0 heterocycles. The van der Waals surface area contributed by atoms with Gasteiger partial charge < -0.3 is 0 Å². The van der Waals surface area contributed by atoms with Crippen molar-refractivity contribution in [1.82, 2.24) is 0 Å². The molecule has 0 fully saturated rings. The van der Waals surface area contributed by atoms with Gasteiger partial charge in [-0.25, -0.2) is 0 Å². The van der Waals surface area contributed by atoms with Gasteiger partial charge in [0.1, 0.15) is 0 Å². The molecule has 0 aliphatic carbocycles. The molecule has 0 amide bonds. The summed E-state index contributed by atoms with van der Waals surface area (Å²) in [6, 6.07) is 0. The molecule has 2 nitrogen and oxygen atoms in total. The van der Waals surface area contributed by atoms with E-state index in [0.717, 1.165) is 0 Å². The molecule has 4 heavy (non-hydrogen) atoms. The van der Waals surface area contributed by atoms with Crippen LogP contribution < -0.4 is 4.13 Å². The SMILES string of the molecule is [O]=[Ge]([O-])[Se-]. The van der Waals surface area contributed by atoms with Gasteiger partial charge in [-0.2, -0.15) is 0 Å². The summed E-state index contributed by atoms with van der Waals surface area (Å²) < 4.78 is 18.2. The Morgan fingerprint density at radius 2 is 2.00 bits per heavy atom. The number of hydrogen-bond donors (Lipinski definition) is 0. The van der Waals surface area contributed by atoms with Gasteiger partial charge in [0.25, 0.3) is 0 Å². The van der Waals surface area contributed by atoms with Crippen LogP contribution in [0.2, 0.25) is 0 Å². The van der Waals surface area contributed by atoms with Gasteiger partial charge >= 0.3 is 34.8 Å². The van der Waals surface area contributed by atoms with E-state index in [1.807, 2.05) is 14.1 Å². The minimum atomic E-state index is -2.96. The maximum atomic E-state index is 9.08. The Hall–Kier alpha value is 0.662. The molecule has 4 heteroatoms. The van der Waals surface area contributed by atoms with Crippen LogP contribution in [-0.2, 0) is 3.78 Å². The second-order valence-corrected chi connectivity index (χ2v) is 4.93. The predicted octanol–water partition coefficient (Wildman–Crippen LogP) is -2.07. The Morgan fingerprint density at radius 3 is 2.00 bits per heavy atom. The van der Waals surface area contributed by atoms with Crippen LogP contribution in [0.25, 0.3) is 0 Å². The number of hydrogen-bond acceptors (Lipinski definition) is 2. The van der Waals surface area contributed by atoms with Crippen LogP contribution in [0, 0.1) is 0 Å². The van der Waals surface area contributed by atoms with E-state index in [-0.39, 0.29) is 0 Å². The first-order chi connectivity index (χ1) is 1.73. The second-order valence-electron chi connectivity index (χ2n) is 0.250. The van der Waals surface area contributed by atoms with E-state index in [2.05, 4.69) is 0 Å². The molecule has 0 saturated heterocycles. The molecule has 0 rings (SSSR count). The molecule has 0 radical (unpaired) electrons. The Morgan fingerprint density at radius 1 is 2.00 bits per heavy atom. The zero-order valence-electron chi connectivity index (χ0n) is 1.72. The second kappa shape index (κ2) is 1.94. The van der Waals surface area contributed by atoms with Crippen molar-refractivity contribution in [2.45, 2.75) is 0 Å². The Balaban J connectivity index is 2.80. The summed E-state index contributed by atoms with van der Waals surface area (Å²) in [4.78, 5) is 0. The third kappa shape index (κ3) is 16.8. The van der Waals surface area contributed by atoms with Crippen LogP contribution in [0.4, 0.5) is 0 Å². The normalized spacial score (nSPS) is 6.00. The van der Waals surface area contributed by atoms with Crippen LogP contribution in [0.15, 0.2) is 0 Å². The van der Waals surface area contributed by atoms with E-state index in [1.165, 1.54) is 0 Å². The molecule has 0 saturated carbocycles. The van der Waals surface area contributed by atoms with E-state index in [9.17, 15) is 0 Å². The molecule has 0 spiro atoms. The third-order valence-electron chi connectivity index (χ3n) is 0. The average molecular weight is 184 g/mol. The Bertz CT molecular complexity index is 29.0. The van der Waals surface area contributed by atoms with E-state index >= 15 is 0 Å². The standard InChI is InChI=1S/GeO2Se/c2-1(3)4/q-2. The molecule has 24 valence electrons. The fourth-order valence-corrected chi connectivity index (χ4v) is 0. The molecule has 0 aromatic carbocycles. The topological polar surface area (TPSA) is 40.1 Å². The average Bonchev–Trinajstić information content (AvgIpc) is 0.811. The molecule has 0 atom stereocenters. The monoisotopic (exact) mass is 186 g/mol. The van der Waals surface area contributed by atoms with Gasteiger partial charge in [0.05, 0.1) is 0 Å². The van der Waals surface area contributed by atoms with Gasteiger partial charge in [0.2, 0.25) is 0 Å². The van der Waals surface area contributed by atoms with E-state index in [1.54, 1.807) is 0 Å². The van der Waals surface area contributed by atoms with Gasteiger partial charge in [-0.1, -0.05) is 0 Å². The predicted molar refractivity (Wildman–Crippen MR) is 12.2 cm³/mol. The van der Waals surface area contributed by atoms with Crippen LogP contribution in [0.5, 0.6) is 0 Å². The third-order valence-corrected chi connectivity index (χ3v) is 0. The fraction of sp³-hybridized carbons (Fsp3) is 0. The molecule has 0 aliphatic heterocycles. The van der Waals surface area contributed by atoms with Crippen LogP contribution in [0.3, 0.4) is 0 Å². The van der Waals surface area contributed by atoms with Crippen molar-refractivity contribution in [3.8, 4) is 0 Å². The van der Waals surface area contributed by atoms with Crippen LogP contribution in [0.1, 0.15) is 0 Å². The van der Waals surface area contributed by atoms with Crippen molar-refractivity contribution in [2.24, 2.45) is 0 Å². The van der Waals surface area contributed by atoms with Crippen LogP contribution in [-0.4, -0.2) is 26.8 Å². The molecule has 0 bridgehead atoms. The van der Waals surface area contributed by atoms with Crippen molar-refractivity contribution >= 4 is 26.8 Å². The van der Waals surface area contributed by atoms with E-state index in [4.69, 9.17) is 7.91 Å². The van der Waals surface area contributed by atoms with E-state index in [0.29, 0.717) is 0 Å². The zero-order chi connectivity index (χ0) is 3.58. The van der Waals surface area contributed by atoms with Crippen molar-refractivity contribution in [2.75, 3.05) is 0 Å². The Labute approximate surface area is 35.2 Å². The van der Waals surface area contributed by atoms with Crippen molar-refractivity contribution < 1.29 is 7.91 Å². The summed E-state index contributed by atoms with van der Waals surface area (Å²) in [6.45, 7) is 0. The summed E-state index contributed by atoms with van der Waals surface area (Å²) in [5, 5.41) is 0. The van der Waals surface area contributed by atoms with Crippen molar-refractivity contribution in [3.63, 3.8) is 0 Å². The number of rotatable bonds is 0. The first-order valence-corrected chi connectivity index (χ1v) is 7.63. The first-order valence-electron chi connectivity index (χ1n) is 0.612. The zero-order valence-corrected chi connectivity index (χ0v) is 5.54. The van der Waals surface area contributed by atoms with Gasteiger partial charge in [0, 0.05) is 0 Å². The van der Waals surface area contributed by atoms with E-state index < -0.39 is 12.8 Å². The summed E-state index contributed by atoms with van der Waals surface area (Å²) >= 11 is -1.00. The maximum absolute atomic E-state index is 9.08. The van der Waals surface area contributed by atoms with Gasteiger partial charge in [0.15, 0.2) is 0 Å². The molecule has 0 aromatic rings. The van der Waals surface area contributed by atoms with Crippen molar-refractivity contribution in [1.29, 1.82) is 0 Å². The van der Waals surface area contributed by atoms with Gasteiger partial charge in [-0.15, -0.1) is 0 Å². The molecule has 0 unspecified atom stereocenters. The fourth-order valence-electron chi connectivity index (χ4n) is 0. The molecular weight excluding hydrogens is 184 g/mol. The van der Waals surface area contributed by atoms with Gasteiger partial charge in [-0.05, 0) is 0 Å². The van der Waals surface area contributed by atoms with Crippen LogP contribution >= 0.6 is 0 Å². The summed E-state index contributed by atoms with van der Waals surface area (Å²) in [5.41, 5.74) is 0. The summed E-state index contributed by atoms with van der Waals surface area (Å²) in [6.07, 6.45) is 0. The molecule has 0 aromatic heterocycles. The Kier molecular flexibility index (Phi) is 2.26. The summed E-state index contributed by atoms with van der Waals surface area (Å²) in [5.74, 6) is 0. The van der Waals surface area contributed by atoms with Gasteiger partial charge in [-0.3, -0.25) is 0 Å². The molecule has 0 N–H and O–H groups in total. The molecular formula is GeO2Se-2. The quantitative estimate of drug-likeness (QED) is 0.405. The molecule has 0 aliphatic rings.